The predicted molar refractivity (Wildman–Crippen MR) is 97.2 cm³/mol. The lowest BCUT2D eigenvalue weighted by molar-refractivity contribution is -0.122. The standard InChI is InChI=1S/C21H28F2N2O/c22-21(23)17-9-12-25(13-18(17)21)14-19(26)24-15-20(10-5-2-6-11-20)16-7-3-1-4-8-16/h1,3-4,7-8,17-18H,2,5-6,9-15H2,(H,24,26)/t17-,18-/m0/s1. The van der Waals surface area contributed by atoms with Gasteiger partial charge in [-0.15, -0.1) is 0 Å². The second-order valence-electron chi connectivity index (χ2n) is 8.40. The molecule has 3 aliphatic rings. The van der Waals surface area contributed by atoms with Crippen molar-refractivity contribution in [2.45, 2.75) is 49.9 Å². The molecule has 1 heterocycles. The van der Waals surface area contributed by atoms with Crippen molar-refractivity contribution in [3.63, 3.8) is 0 Å². The molecule has 4 rings (SSSR count). The second kappa shape index (κ2) is 6.91. The van der Waals surface area contributed by atoms with Gasteiger partial charge >= 0.3 is 0 Å². The zero-order valence-electron chi connectivity index (χ0n) is 15.2. The van der Waals surface area contributed by atoms with Gasteiger partial charge in [-0.3, -0.25) is 9.69 Å². The molecule has 1 N–H and O–H groups in total. The third-order valence-corrected chi connectivity index (χ3v) is 6.76. The number of fused-ring (bicyclic) bond motifs is 1. The van der Waals surface area contributed by atoms with E-state index >= 15 is 0 Å². The van der Waals surface area contributed by atoms with Gasteiger partial charge in [-0.1, -0.05) is 49.6 Å². The van der Waals surface area contributed by atoms with Crippen molar-refractivity contribution in [2.24, 2.45) is 11.8 Å². The largest absolute Gasteiger partial charge is 0.354 e. The fraction of sp³-hybridized carbons (Fsp3) is 0.667. The van der Waals surface area contributed by atoms with Crippen LogP contribution in [0.4, 0.5) is 8.78 Å². The minimum atomic E-state index is -2.50. The van der Waals surface area contributed by atoms with Crippen LogP contribution in [0.3, 0.4) is 0 Å². The van der Waals surface area contributed by atoms with Crippen molar-refractivity contribution >= 4 is 5.91 Å². The Hall–Kier alpha value is -1.49. The first kappa shape index (κ1) is 17.9. The number of hydrogen-bond acceptors (Lipinski definition) is 2. The molecule has 0 aromatic heterocycles. The van der Waals surface area contributed by atoms with Gasteiger partial charge in [0.15, 0.2) is 0 Å². The molecule has 3 nitrogen and oxygen atoms in total. The SMILES string of the molecule is O=C(CN1CC[C@H]2[C@H](C1)C2(F)F)NCC1(c2ccccc2)CCCCC1. The zero-order valence-corrected chi connectivity index (χ0v) is 15.2. The molecule has 142 valence electrons. The highest BCUT2D eigenvalue weighted by Gasteiger charge is 2.68. The summed E-state index contributed by atoms with van der Waals surface area (Å²) in [5, 5.41) is 3.12. The molecule has 2 saturated carbocycles. The Labute approximate surface area is 154 Å². The molecule has 0 radical (unpaired) electrons. The number of nitrogens with one attached hydrogen (secondary N) is 1. The summed E-state index contributed by atoms with van der Waals surface area (Å²) in [6.45, 7) is 1.85. The third-order valence-electron chi connectivity index (χ3n) is 6.76. The van der Waals surface area contributed by atoms with Crippen LogP contribution in [0.25, 0.3) is 0 Å². The maximum Gasteiger partial charge on any atom is 0.255 e. The predicted octanol–water partition coefficient (Wildman–Crippen LogP) is 3.59. The fourth-order valence-corrected chi connectivity index (χ4v) is 5.05. The van der Waals surface area contributed by atoms with Crippen LogP contribution >= 0.6 is 0 Å². The summed E-state index contributed by atoms with van der Waals surface area (Å²) in [6, 6.07) is 10.5. The number of benzene rings is 1. The minimum absolute atomic E-state index is 0.0195. The van der Waals surface area contributed by atoms with E-state index in [1.165, 1.54) is 24.8 Å². The van der Waals surface area contributed by atoms with Gasteiger partial charge in [0.1, 0.15) is 0 Å². The fourth-order valence-electron chi connectivity index (χ4n) is 5.05. The molecule has 2 aliphatic carbocycles. The maximum atomic E-state index is 13.5. The lowest BCUT2D eigenvalue weighted by atomic mass is 9.69. The van der Waals surface area contributed by atoms with Gasteiger partial charge in [0.05, 0.1) is 6.54 Å². The Morgan fingerprint density at radius 3 is 2.54 bits per heavy atom. The average Bonchev–Trinajstić information content (AvgIpc) is 3.22. The van der Waals surface area contributed by atoms with E-state index in [1.54, 1.807) is 0 Å². The number of carbonyl (C=O) groups is 1. The van der Waals surface area contributed by atoms with Gasteiger partial charge in [-0.2, -0.15) is 0 Å². The van der Waals surface area contributed by atoms with Gasteiger partial charge in [-0.25, -0.2) is 8.78 Å². The van der Waals surface area contributed by atoms with Crippen LogP contribution in [0.5, 0.6) is 0 Å². The Balaban J connectivity index is 1.34. The smallest absolute Gasteiger partial charge is 0.255 e. The van der Waals surface area contributed by atoms with E-state index < -0.39 is 17.8 Å². The number of piperidine rings is 1. The Morgan fingerprint density at radius 2 is 1.85 bits per heavy atom. The molecular weight excluding hydrogens is 334 g/mol. The molecule has 1 aliphatic heterocycles. The van der Waals surface area contributed by atoms with Crippen molar-refractivity contribution < 1.29 is 13.6 Å². The molecule has 26 heavy (non-hydrogen) atoms. The monoisotopic (exact) mass is 362 g/mol. The molecule has 0 spiro atoms. The molecule has 0 bridgehead atoms. The Kier molecular flexibility index (Phi) is 4.76. The Bertz CT molecular complexity index is 643. The lowest BCUT2D eigenvalue weighted by Crippen LogP contribution is -2.46. The molecule has 1 aromatic rings. The molecule has 1 saturated heterocycles. The summed E-state index contributed by atoms with van der Waals surface area (Å²) in [5.41, 5.74) is 1.32. The lowest BCUT2D eigenvalue weighted by Gasteiger charge is -2.38. The minimum Gasteiger partial charge on any atom is -0.354 e. The summed E-state index contributed by atoms with van der Waals surface area (Å²) < 4.78 is 27.0. The number of halogens is 2. The number of likely N-dealkylation sites (tertiary alicyclic amines) is 1. The third kappa shape index (κ3) is 3.38. The van der Waals surface area contributed by atoms with Crippen LogP contribution in [0.2, 0.25) is 0 Å². The van der Waals surface area contributed by atoms with Gasteiger partial charge in [0, 0.05) is 30.3 Å². The first-order valence-electron chi connectivity index (χ1n) is 9.94. The highest BCUT2D eigenvalue weighted by molar-refractivity contribution is 5.78. The van der Waals surface area contributed by atoms with Crippen molar-refractivity contribution in [1.82, 2.24) is 10.2 Å². The first-order valence-corrected chi connectivity index (χ1v) is 9.94. The molecule has 5 heteroatoms. The van der Waals surface area contributed by atoms with E-state index in [4.69, 9.17) is 0 Å². The highest BCUT2D eigenvalue weighted by atomic mass is 19.3. The van der Waals surface area contributed by atoms with Crippen LogP contribution < -0.4 is 5.32 Å². The van der Waals surface area contributed by atoms with Crippen molar-refractivity contribution in [1.29, 1.82) is 0 Å². The summed E-state index contributed by atoms with van der Waals surface area (Å²) in [7, 11) is 0. The van der Waals surface area contributed by atoms with Crippen molar-refractivity contribution in [3.05, 3.63) is 35.9 Å². The molecular formula is C21H28F2N2O. The van der Waals surface area contributed by atoms with E-state index in [1.807, 2.05) is 11.0 Å². The summed E-state index contributed by atoms with van der Waals surface area (Å²) >= 11 is 0. The maximum absolute atomic E-state index is 13.5. The Morgan fingerprint density at radius 1 is 1.12 bits per heavy atom. The molecule has 2 atom stereocenters. The topological polar surface area (TPSA) is 32.3 Å². The summed E-state index contributed by atoms with van der Waals surface area (Å²) in [5.74, 6) is -3.50. The van der Waals surface area contributed by atoms with Gasteiger partial charge in [-0.05, 0) is 31.4 Å². The van der Waals surface area contributed by atoms with Crippen LogP contribution in [0.15, 0.2) is 30.3 Å². The normalized spacial score (nSPS) is 29.6. The van der Waals surface area contributed by atoms with Gasteiger partial charge in [0.2, 0.25) is 5.91 Å². The number of carbonyl (C=O) groups excluding carboxylic acids is 1. The van der Waals surface area contributed by atoms with Gasteiger partial charge in [0.25, 0.3) is 5.92 Å². The second-order valence-corrected chi connectivity index (χ2v) is 8.40. The average molecular weight is 362 g/mol. The van der Waals surface area contributed by atoms with E-state index in [9.17, 15) is 13.6 Å². The zero-order chi connectivity index (χ0) is 18.2. The van der Waals surface area contributed by atoms with E-state index in [0.29, 0.717) is 26.1 Å². The number of alkyl halides is 2. The van der Waals surface area contributed by atoms with E-state index in [2.05, 4.69) is 29.6 Å². The van der Waals surface area contributed by atoms with Crippen LogP contribution in [-0.4, -0.2) is 42.9 Å². The number of hydrogen-bond donors (Lipinski definition) is 1. The molecule has 1 amide bonds. The van der Waals surface area contributed by atoms with Crippen LogP contribution in [-0.2, 0) is 10.2 Å². The van der Waals surface area contributed by atoms with Gasteiger partial charge < -0.3 is 5.32 Å². The first-order chi connectivity index (χ1) is 12.5. The van der Waals surface area contributed by atoms with E-state index in [-0.39, 0.29) is 17.9 Å². The highest BCUT2D eigenvalue weighted by Crippen LogP contribution is 2.59. The van der Waals surface area contributed by atoms with Crippen LogP contribution in [0.1, 0.15) is 44.1 Å². The molecule has 0 unspecified atom stereocenters. The van der Waals surface area contributed by atoms with E-state index in [0.717, 1.165) is 12.8 Å². The molecule has 3 fully saturated rings. The number of nitrogens with zero attached hydrogens (tertiary/aromatic N) is 1. The van der Waals surface area contributed by atoms with Crippen LogP contribution in [0, 0.1) is 11.8 Å². The quantitative estimate of drug-likeness (QED) is 0.868. The van der Waals surface area contributed by atoms with Crippen molar-refractivity contribution in [3.8, 4) is 0 Å². The molecule has 1 aromatic carbocycles. The summed E-state index contributed by atoms with van der Waals surface area (Å²) in [4.78, 5) is 14.4. The van der Waals surface area contributed by atoms with Crippen molar-refractivity contribution in [2.75, 3.05) is 26.2 Å². The number of amides is 1. The summed E-state index contributed by atoms with van der Waals surface area (Å²) in [6.07, 6.45) is 6.34. The number of rotatable bonds is 5.